The van der Waals surface area contributed by atoms with Gasteiger partial charge in [0.15, 0.2) is 11.5 Å². The second-order valence-corrected chi connectivity index (χ2v) is 7.37. The van der Waals surface area contributed by atoms with Crippen molar-refractivity contribution in [3.63, 3.8) is 0 Å². The van der Waals surface area contributed by atoms with Gasteiger partial charge < -0.3 is 20.1 Å². The van der Waals surface area contributed by atoms with Gasteiger partial charge in [0.1, 0.15) is 0 Å². The predicted octanol–water partition coefficient (Wildman–Crippen LogP) is 3.05. The number of ether oxygens (including phenoxy) is 2. The number of benzene rings is 1. The van der Waals surface area contributed by atoms with Crippen LogP contribution in [0.1, 0.15) is 51.1 Å². The Hall–Kier alpha value is -1.75. The van der Waals surface area contributed by atoms with E-state index in [1.165, 1.54) is 12.8 Å². The number of carbonyl (C=O) groups excluding carboxylic acids is 1. The van der Waals surface area contributed by atoms with E-state index >= 15 is 0 Å². The van der Waals surface area contributed by atoms with Crippen LogP contribution in [0.3, 0.4) is 0 Å². The fourth-order valence-electron chi connectivity index (χ4n) is 3.54. The Kier molecular flexibility index (Phi) is 5.84. The SMILES string of the molecule is COc1cc(C(C)NC(=O)C(C)C2CNC2)ccc1OC1CCCC1. The summed E-state index contributed by atoms with van der Waals surface area (Å²) in [7, 11) is 1.66. The minimum Gasteiger partial charge on any atom is -0.493 e. The van der Waals surface area contributed by atoms with Crippen molar-refractivity contribution < 1.29 is 14.3 Å². The average molecular weight is 346 g/mol. The maximum absolute atomic E-state index is 12.4. The molecular weight excluding hydrogens is 316 g/mol. The van der Waals surface area contributed by atoms with E-state index in [0.717, 1.165) is 43.0 Å². The van der Waals surface area contributed by atoms with Gasteiger partial charge >= 0.3 is 0 Å². The van der Waals surface area contributed by atoms with Crippen molar-refractivity contribution in [2.75, 3.05) is 20.2 Å². The summed E-state index contributed by atoms with van der Waals surface area (Å²) < 4.78 is 11.6. The summed E-state index contributed by atoms with van der Waals surface area (Å²) in [6, 6.07) is 5.91. The first-order valence-corrected chi connectivity index (χ1v) is 9.44. The number of nitrogens with one attached hydrogen (secondary N) is 2. The van der Waals surface area contributed by atoms with E-state index in [-0.39, 0.29) is 17.9 Å². The minimum absolute atomic E-state index is 0.0376. The van der Waals surface area contributed by atoms with Crippen molar-refractivity contribution in [1.82, 2.24) is 10.6 Å². The molecule has 3 rings (SSSR count). The predicted molar refractivity (Wildman–Crippen MR) is 98.0 cm³/mol. The van der Waals surface area contributed by atoms with Crippen molar-refractivity contribution in [3.8, 4) is 11.5 Å². The normalized spacial score (nSPS) is 20.6. The summed E-state index contributed by atoms with van der Waals surface area (Å²) in [4.78, 5) is 12.4. The highest BCUT2D eigenvalue weighted by atomic mass is 16.5. The second-order valence-electron chi connectivity index (χ2n) is 7.37. The third-order valence-corrected chi connectivity index (χ3v) is 5.58. The van der Waals surface area contributed by atoms with Gasteiger partial charge in [0.25, 0.3) is 0 Å². The van der Waals surface area contributed by atoms with Gasteiger partial charge in [-0.25, -0.2) is 0 Å². The van der Waals surface area contributed by atoms with Crippen molar-refractivity contribution >= 4 is 5.91 Å². The lowest BCUT2D eigenvalue weighted by molar-refractivity contribution is -0.127. The molecule has 2 N–H and O–H groups in total. The molecule has 1 aliphatic heterocycles. The van der Waals surface area contributed by atoms with Crippen LogP contribution in [0.5, 0.6) is 11.5 Å². The minimum atomic E-state index is -0.0579. The van der Waals surface area contributed by atoms with E-state index < -0.39 is 0 Å². The quantitative estimate of drug-likeness (QED) is 0.797. The molecule has 2 aliphatic rings. The Morgan fingerprint density at radius 1 is 1.20 bits per heavy atom. The fraction of sp³-hybridized carbons (Fsp3) is 0.650. The molecule has 2 atom stereocenters. The molecule has 1 amide bonds. The Balaban J connectivity index is 1.63. The molecule has 0 spiro atoms. The zero-order valence-electron chi connectivity index (χ0n) is 15.5. The van der Waals surface area contributed by atoms with Gasteiger partial charge in [0, 0.05) is 5.92 Å². The molecule has 1 aromatic carbocycles. The molecule has 2 fully saturated rings. The van der Waals surface area contributed by atoms with Gasteiger partial charge in [-0.1, -0.05) is 13.0 Å². The molecule has 0 bridgehead atoms. The zero-order chi connectivity index (χ0) is 17.8. The average Bonchev–Trinajstić information content (AvgIpc) is 3.06. The van der Waals surface area contributed by atoms with Crippen LogP contribution in [0.25, 0.3) is 0 Å². The molecule has 0 radical (unpaired) electrons. The Morgan fingerprint density at radius 2 is 1.92 bits per heavy atom. The van der Waals surface area contributed by atoms with Crippen LogP contribution in [0.2, 0.25) is 0 Å². The standard InChI is InChI=1S/C20H30N2O3/c1-13(16-11-21-12-16)20(23)22-14(2)15-8-9-18(19(10-15)24-3)25-17-6-4-5-7-17/h8-10,13-14,16-17,21H,4-7,11-12H2,1-3H3,(H,22,23). The van der Waals surface area contributed by atoms with E-state index in [4.69, 9.17) is 9.47 Å². The number of carbonyl (C=O) groups is 1. The molecule has 1 saturated heterocycles. The monoisotopic (exact) mass is 346 g/mol. The van der Waals surface area contributed by atoms with Gasteiger partial charge in [-0.05, 0) is 69.3 Å². The topological polar surface area (TPSA) is 59.6 Å². The summed E-state index contributed by atoms with van der Waals surface area (Å²) in [5.41, 5.74) is 1.03. The summed E-state index contributed by atoms with van der Waals surface area (Å²) in [6.07, 6.45) is 5.01. The van der Waals surface area contributed by atoms with E-state index in [0.29, 0.717) is 12.0 Å². The molecule has 25 heavy (non-hydrogen) atoms. The molecule has 138 valence electrons. The summed E-state index contributed by atoms with van der Waals surface area (Å²) >= 11 is 0. The first kappa shape index (κ1) is 18.1. The van der Waals surface area contributed by atoms with E-state index in [1.807, 2.05) is 32.0 Å². The van der Waals surface area contributed by atoms with E-state index in [2.05, 4.69) is 10.6 Å². The van der Waals surface area contributed by atoms with Crippen LogP contribution >= 0.6 is 0 Å². The third kappa shape index (κ3) is 4.27. The van der Waals surface area contributed by atoms with Gasteiger partial charge in [-0.15, -0.1) is 0 Å². The van der Waals surface area contributed by atoms with Crippen LogP contribution in [0.15, 0.2) is 18.2 Å². The molecular formula is C20H30N2O3. The van der Waals surface area contributed by atoms with Gasteiger partial charge in [-0.3, -0.25) is 4.79 Å². The lowest BCUT2D eigenvalue weighted by Gasteiger charge is -2.32. The number of hydrogen-bond donors (Lipinski definition) is 2. The summed E-state index contributed by atoms with van der Waals surface area (Å²) in [5.74, 6) is 2.14. The lowest BCUT2D eigenvalue weighted by atomic mass is 9.88. The molecule has 0 aromatic heterocycles. The highest BCUT2D eigenvalue weighted by molar-refractivity contribution is 5.79. The first-order valence-electron chi connectivity index (χ1n) is 9.44. The number of rotatable bonds is 7. The molecule has 2 unspecified atom stereocenters. The van der Waals surface area contributed by atoms with Gasteiger partial charge in [0.2, 0.25) is 5.91 Å². The van der Waals surface area contributed by atoms with Crippen LogP contribution in [-0.2, 0) is 4.79 Å². The number of amides is 1. The Morgan fingerprint density at radius 3 is 2.52 bits per heavy atom. The van der Waals surface area contributed by atoms with Crippen molar-refractivity contribution in [2.24, 2.45) is 11.8 Å². The highest BCUT2D eigenvalue weighted by Gasteiger charge is 2.29. The third-order valence-electron chi connectivity index (χ3n) is 5.58. The van der Waals surface area contributed by atoms with Crippen molar-refractivity contribution in [3.05, 3.63) is 23.8 Å². The molecule has 1 saturated carbocycles. The van der Waals surface area contributed by atoms with Crippen LogP contribution in [-0.4, -0.2) is 32.2 Å². The highest BCUT2D eigenvalue weighted by Crippen LogP contribution is 2.33. The van der Waals surface area contributed by atoms with E-state index in [1.54, 1.807) is 7.11 Å². The zero-order valence-corrected chi connectivity index (χ0v) is 15.5. The molecule has 5 nitrogen and oxygen atoms in total. The lowest BCUT2D eigenvalue weighted by Crippen LogP contribution is -2.49. The van der Waals surface area contributed by atoms with Crippen LogP contribution < -0.4 is 20.1 Å². The molecule has 5 heteroatoms. The van der Waals surface area contributed by atoms with Crippen LogP contribution in [0, 0.1) is 11.8 Å². The van der Waals surface area contributed by atoms with Crippen LogP contribution in [0.4, 0.5) is 0 Å². The first-order chi connectivity index (χ1) is 12.1. The smallest absolute Gasteiger partial charge is 0.223 e. The Labute approximate surface area is 150 Å². The maximum Gasteiger partial charge on any atom is 0.223 e. The maximum atomic E-state index is 12.4. The molecule has 1 aliphatic carbocycles. The van der Waals surface area contributed by atoms with Crippen molar-refractivity contribution in [2.45, 2.75) is 51.7 Å². The summed E-state index contributed by atoms with van der Waals surface area (Å²) in [5, 5.41) is 6.35. The fourth-order valence-corrected chi connectivity index (χ4v) is 3.54. The van der Waals surface area contributed by atoms with Gasteiger partial charge in [0.05, 0.1) is 19.3 Å². The largest absolute Gasteiger partial charge is 0.493 e. The summed E-state index contributed by atoms with van der Waals surface area (Å²) in [6.45, 7) is 5.89. The Bertz CT molecular complexity index is 595. The number of hydrogen-bond acceptors (Lipinski definition) is 4. The van der Waals surface area contributed by atoms with E-state index in [9.17, 15) is 4.79 Å². The number of methoxy groups -OCH3 is 1. The molecule has 1 aromatic rings. The van der Waals surface area contributed by atoms with Crippen molar-refractivity contribution in [1.29, 1.82) is 0 Å². The van der Waals surface area contributed by atoms with Gasteiger partial charge in [-0.2, -0.15) is 0 Å². The second kappa shape index (κ2) is 8.09. The molecule has 1 heterocycles.